The van der Waals surface area contributed by atoms with Gasteiger partial charge in [-0.1, -0.05) is 27.7 Å². The van der Waals surface area contributed by atoms with Crippen LogP contribution < -0.4 is 16.0 Å². The maximum atomic E-state index is 12.5. The molecule has 8 nitrogen and oxygen atoms in total. The van der Waals surface area contributed by atoms with Crippen LogP contribution in [-0.4, -0.2) is 48.4 Å². The Bertz CT molecular complexity index is 547. The highest BCUT2D eigenvalue weighted by molar-refractivity contribution is 5.93. The highest BCUT2D eigenvalue weighted by Gasteiger charge is 2.29. The fourth-order valence-electron chi connectivity index (χ4n) is 2.79. The molecule has 0 aromatic carbocycles. The lowest BCUT2D eigenvalue weighted by molar-refractivity contribution is -0.157. The molecule has 3 N–H and O–H groups in total. The Labute approximate surface area is 161 Å². The molecule has 0 aromatic heterocycles. The Morgan fingerprint density at radius 3 is 2.15 bits per heavy atom. The maximum Gasteiger partial charge on any atom is 0.306 e. The first-order valence-corrected chi connectivity index (χ1v) is 9.68. The van der Waals surface area contributed by atoms with Gasteiger partial charge in [-0.05, 0) is 38.0 Å². The summed E-state index contributed by atoms with van der Waals surface area (Å²) >= 11 is 0. The van der Waals surface area contributed by atoms with Crippen molar-refractivity contribution in [2.75, 3.05) is 6.54 Å². The quantitative estimate of drug-likeness (QED) is 0.624. The molecule has 1 aliphatic heterocycles. The average Bonchev–Trinajstić information content (AvgIpc) is 2.55. The van der Waals surface area contributed by atoms with E-state index in [1.54, 1.807) is 0 Å². The molecule has 0 bridgehead atoms. The molecule has 1 aliphatic rings. The zero-order valence-corrected chi connectivity index (χ0v) is 17.0. The second-order valence-corrected chi connectivity index (χ2v) is 7.92. The highest BCUT2D eigenvalue weighted by atomic mass is 16.5. The van der Waals surface area contributed by atoms with E-state index in [2.05, 4.69) is 16.0 Å². The van der Waals surface area contributed by atoms with E-state index in [-0.39, 0.29) is 24.2 Å². The van der Waals surface area contributed by atoms with E-state index in [0.717, 1.165) is 0 Å². The minimum atomic E-state index is -0.934. The van der Waals surface area contributed by atoms with Gasteiger partial charge in [-0.2, -0.15) is 0 Å². The average molecular weight is 383 g/mol. The maximum absolute atomic E-state index is 12.5. The van der Waals surface area contributed by atoms with Crippen LogP contribution in [0.1, 0.15) is 60.3 Å². The zero-order valence-electron chi connectivity index (χ0n) is 17.0. The Balaban J connectivity index is 2.96. The molecule has 1 rings (SSSR count). The van der Waals surface area contributed by atoms with E-state index < -0.39 is 36.0 Å². The lowest BCUT2D eigenvalue weighted by Crippen LogP contribution is -2.54. The van der Waals surface area contributed by atoms with Crippen molar-refractivity contribution in [1.82, 2.24) is 16.0 Å². The van der Waals surface area contributed by atoms with Gasteiger partial charge in [0.05, 0.1) is 0 Å². The number of hydrogen-bond acceptors (Lipinski definition) is 5. The van der Waals surface area contributed by atoms with Crippen LogP contribution in [0.5, 0.6) is 0 Å². The molecular formula is C19H33N3O5. The molecule has 0 radical (unpaired) electrons. The van der Waals surface area contributed by atoms with Crippen LogP contribution in [0.25, 0.3) is 0 Å². The summed E-state index contributed by atoms with van der Waals surface area (Å²) in [5.74, 6) is -1.38. The fraction of sp³-hybridized carbons (Fsp3) is 0.789. The molecule has 3 atom stereocenters. The van der Waals surface area contributed by atoms with Crippen molar-refractivity contribution in [1.29, 1.82) is 0 Å². The van der Waals surface area contributed by atoms with Crippen molar-refractivity contribution >= 4 is 23.7 Å². The predicted octanol–water partition coefficient (Wildman–Crippen LogP) is 0.890. The molecule has 154 valence electrons. The van der Waals surface area contributed by atoms with Gasteiger partial charge in [-0.15, -0.1) is 0 Å². The molecule has 0 saturated carbocycles. The van der Waals surface area contributed by atoms with Gasteiger partial charge in [0.1, 0.15) is 12.1 Å². The van der Waals surface area contributed by atoms with Gasteiger partial charge in [0.15, 0.2) is 6.10 Å². The fourth-order valence-corrected chi connectivity index (χ4v) is 2.79. The van der Waals surface area contributed by atoms with Gasteiger partial charge in [0.2, 0.25) is 11.8 Å². The van der Waals surface area contributed by atoms with Crippen molar-refractivity contribution in [2.24, 2.45) is 11.8 Å². The van der Waals surface area contributed by atoms with Gasteiger partial charge in [0, 0.05) is 13.0 Å². The smallest absolute Gasteiger partial charge is 0.306 e. The van der Waals surface area contributed by atoms with Gasteiger partial charge >= 0.3 is 5.97 Å². The Hall–Kier alpha value is -2.12. The molecule has 3 amide bonds. The van der Waals surface area contributed by atoms with E-state index in [4.69, 9.17) is 4.74 Å². The van der Waals surface area contributed by atoms with Gasteiger partial charge in [-0.25, -0.2) is 0 Å². The summed E-state index contributed by atoms with van der Waals surface area (Å²) < 4.78 is 5.31. The molecule has 0 aliphatic carbocycles. The highest BCUT2D eigenvalue weighted by Crippen LogP contribution is 2.11. The predicted molar refractivity (Wildman–Crippen MR) is 101 cm³/mol. The van der Waals surface area contributed by atoms with Crippen LogP contribution in [0.4, 0.5) is 0 Å². The van der Waals surface area contributed by atoms with Gasteiger partial charge in [-0.3, -0.25) is 19.2 Å². The Kier molecular flexibility index (Phi) is 9.25. The molecular weight excluding hydrogens is 350 g/mol. The summed E-state index contributed by atoms with van der Waals surface area (Å²) in [5, 5.41) is 8.05. The minimum absolute atomic E-state index is 0.110. The topological polar surface area (TPSA) is 114 Å². The number of amides is 3. The molecule has 1 heterocycles. The second kappa shape index (κ2) is 10.9. The van der Waals surface area contributed by atoms with Crippen LogP contribution in [-0.2, 0) is 23.9 Å². The first-order chi connectivity index (χ1) is 12.6. The number of cyclic esters (lactones) is 1. The summed E-state index contributed by atoms with van der Waals surface area (Å²) in [6.07, 6.45) is 0.435. The Morgan fingerprint density at radius 2 is 1.56 bits per heavy atom. The third kappa shape index (κ3) is 8.41. The second-order valence-electron chi connectivity index (χ2n) is 7.92. The van der Waals surface area contributed by atoms with Crippen molar-refractivity contribution < 1.29 is 23.9 Å². The van der Waals surface area contributed by atoms with E-state index in [1.165, 1.54) is 6.92 Å². The molecule has 1 fully saturated rings. The van der Waals surface area contributed by atoms with Crippen molar-refractivity contribution in [3.8, 4) is 0 Å². The van der Waals surface area contributed by atoms with Crippen molar-refractivity contribution in [3.05, 3.63) is 0 Å². The standard InChI is InChI=1S/C19H33N3O5/c1-11(2)9-14-18(25)20-8-6-7-16(23)27-15(10-12(3)4)19(26)21-13(5)17(24)22-14/h11-15H,6-10H2,1-5H3,(H,20,25)(H,21,26)(H,22,24). The van der Waals surface area contributed by atoms with E-state index in [1.807, 2.05) is 27.7 Å². The van der Waals surface area contributed by atoms with Crippen molar-refractivity contribution in [3.63, 3.8) is 0 Å². The normalized spacial score (nSPS) is 26.1. The van der Waals surface area contributed by atoms with Crippen LogP contribution in [0.3, 0.4) is 0 Å². The summed E-state index contributed by atoms with van der Waals surface area (Å²) in [6.45, 7) is 9.61. The number of esters is 1. The van der Waals surface area contributed by atoms with Crippen LogP contribution in [0.2, 0.25) is 0 Å². The Morgan fingerprint density at radius 1 is 0.926 bits per heavy atom. The van der Waals surface area contributed by atoms with Crippen molar-refractivity contribution in [2.45, 2.75) is 78.5 Å². The summed E-state index contributed by atoms with van der Waals surface area (Å²) in [7, 11) is 0. The van der Waals surface area contributed by atoms with Crippen LogP contribution in [0.15, 0.2) is 0 Å². The largest absolute Gasteiger partial charge is 0.452 e. The first-order valence-electron chi connectivity index (χ1n) is 9.68. The minimum Gasteiger partial charge on any atom is -0.452 e. The zero-order chi connectivity index (χ0) is 20.6. The SMILES string of the molecule is CC(C)CC1NC(=O)C(C)NC(=O)C(CC(C)C)OC(=O)CCCNC1=O. The molecule has 0 spiro atoms. The summed E-state index contributed by atoms with van der Waals surface area (Å²) in [6, 6.07) is -1.53. The monoisotopic (exact) mass is 383 g/mol. The van der Waals surface area contributed by atoms with Gasteiger partial charge in [0.25, 0.3) is 5.91 Å². The molecule has 3 unspecified atom stereocenters. The van der Waals surface area contributed by atoms with Crippen LogP contribution >= 0.6 is 0 Å². The number of hydrogen-bond donors (Lipinski definition) is 3. The number of carbonyl (C=O) groups excluding carboxylic acids is 4. The number of carbonyl (C=O) groups is 4. The lowest BCUT2D eigenvalue weighted by Gasteiger charge is -2.25. The molecule has 8 heteroatoms. The van der Waals surface area contributed by atoms with Gasteiger partial charge < -0.3 is 20.7 Å². The number of nitrogens with one attached hydrogen (secondary N) is 3. The lowest BCUT2D eigenvalue weighted by atomic mass is 10.0. The van der Waals surface area contributed by atoms with E-state index in [0.29, 0.717) is 25.8 Å². The third-order valence-corrected chi connectivity index (χ3v) is 4.20. The molecule has 1 saturated heterocycles. The van der Waals surface area contributed by atoms with Crippen LogP contribution in [0, 0.1) is 11.8 Å². The summed E-state index contributed by atoms with van der Waals surface area (Å²) in [5.41, 5.74) is 0. The number of ether oxygens (including phenoxy) is 1. The third-order valence-electron chi connectivity index (χ3n) is 4.20. The first kappa shape index (κ1) is 22.9. The molecule has 0 aromatic rings. The van der Waals surface area contributed by atoms with E-state index in [9.17, 15) is 19.2 Å². The number of rotatable bonds is 4. The summed E-state index contributed by atoms with van der Waals surface area (Å²) in [4.78, 5) is 49.3. The molecule has 27 heavy (non-hydrogen) atoms. The van der Waals surface area contributed by atoms with E-state index >= 15 is 0 Å².